The van der Waals surface area contributed by atoms with Crippen LogP contribution in [0.3, 0.4) is 0 Å². The second kappa shape index (κ2) is 6.90. The molecule has 8 heteroatoms. The van der Waals surface area contributed by atoms with Gasteiger partial charge in [0.1, 0.15) is 0 Å². The SMILES string of the molecule is O=C(CCc1cc2n(n1)CCNC2)N1CCN(c2nccs2)CC1. The van der Waals surface area contributed by atoms with Crippen molar-refractivity contribution in [1.29, 1.82) is 0 Å². The number of nitrogens with one attached hydrogen (secondary N) is 1. The Morgan fingerprint density at radius 3 is 2.88 bits per heavy atom. The molecule has 4 heterocycles. The second-order valence-corrected chi connectivity index (χ2v) is 7.08. The highest BCUT2D eigenvalue weighted by molar-refractivity contribution is 7.13. The molecule has 0 saturated carbocycles. The first-order chi connectivity index (χ1) is 11.8. The van der Waals surface area contributed by atoms with E-state index >= 15 is 0 Å². The van der Waals surface area contributed by atoms with Gasteiger partial charge in [0.15, 0.2) is 5.13 Å². The smallest absolute Gasteiger partial charge is 0.223 e. The highest BCUT2D eigenvalue weighted by atomic mass is 32.1. The number of amides is 1. The summed E-state index contributed by atoms with van der Waals surface area (Å²) in [6.45, 7) is 6.05. The third-order valence-electron chi connectivity index (χ3n) is 4.64. The van der Waals surface area contributed by atoms with E-state index < -0.39 is 0 Å². The zero-order valence-corrected chi connectivity index (χ0v) is 14.5. The van der Waals surface area contributed by atoms with Crippen molar-refractivity contribution in [3.63, 3.8) is 0 Å². The molecule has 24 heavy (non-hydrogen) atoms. The zero-order chi connectivity index (χ0) is 16.4. The van der Waals surface area contributed by atoms with Gasteiger partial charge in [-0.2, -0.15) is 5.10 Å². The summed E-state index contributed by atoms with van der Waals surface area (Å²) in [5, 5.41) is 11.0. The van der Waals surface area contributed by atoms with Crippen LogP contribution in [0.1, 0.15) is 17.8 Å². The van der Waals surface area contributed by atoms with Crippen molar-refractivity contribution in [3.8, 4) is 0 Å². The Labute approximate surface area is 145 Å². The first kappa shape index (κ1) is 15.6. The maximum absolute atomic E-state index is 12.5. The molecule has 1 saturated heterocycles. The number of nitrogens with zero attached hydrogens (tertiary/aromatic N) is 5. The Morgan fingerprint density at radius 2 is 2.12 bits per heavy atom. The van der Waals surface area contributed by atoms with Crippen LogP contribution in [0.5, 0.6) is 0 Å². The quantitative estimate of drug-likeness (QED) is 0.884. The van der Waals surface area contributed by atoms with Gasteiger partial charge in [-0.15, -0.1) is 11.3 Å². The van der Waals surface area contributed by atoms with Crippen LogP contribution < -0.4 is 10.2 Å². The molecule has 2 aromatic heterocycles. The molecule has 0 radical (unpaired) electrons. The Balaban J connectivity index is 1.27. The molecule has 4 rings (SSSR count). The lowest BCUT2D eigenvalue weighted by molar-refractivity contribution is -0.131. The number of aryl methyl sites for hydroxylation is 1. The molecule has 1 N–H and O–H groups in total. The number of carbonyl (C=O) groups is 1. The lowest BCUT2D eigenvalue weighted by Gasteiger charge is -2.34. The van der Waals surface area contributed by atoms with Crippen LogP contribution in [-0.4, -0.2) is 58.3 Å². The van der Waals surface area contributed by atoms with Crippen LogP contribution in [0.25, 0.3) is 0 Å². The van der Waals surface area contributed by atoms with Gasteiger partial charge in [0.2, 0.25) is 5.91 Å². The van der Waals surface area contributed by atoms with Crippen molar-refractivity contribution in [1.82, 2.24) is 25.0 Å². The fourth-order valence-corrected chi connectivity index (χ4v) is 3.98. The molecular formula is C16H22N6OS. The van der Waals surface area contributed by atoms with Crippen molar-refractivity contribution < 1.29 is 4.79 Å². The molecule has 2 aromatic rings. The number of hydrogen-bond acceptors (Lipinski definition) is 6. The summed E-state index contributed by atoms with van der Waals surface area (Å²) >= 11 is 1.66. The fraction of sp³-hybridized carbons (Fsp3) is 0.562. The summed E-state index contributed by atoms with van der Waals surface area (Å²) < 4.78 is 2.06. The molecule has 1 amide bonds. The van der Waals surface area contributed by atoms with Gasteiger partial charge in [-0.1, -0.05) is 0 Å². The number of rotatable bonds is 4. The summed E-state index contributed by atoms with van der Waals surface area (Å²) in [4.78, 5) is 21.0. The number of anilines is 1. The van der Waals surface area contributed by atoms with E-state index in [1.165, 1.54) is 5.69 Å². The van der Waals surface area contributed by atoms with Crippen LogP contribution in [0.15, 0.2) is 17.6 Å². The highest BCUT2D eigenvalue weighted by Gasteiger charge is 2.22. The minimum Gasteiger partial charge on any atom is -0.345 e. The van der Waals surface area contributed by atoms with Gasteiger partial charge in [0.25, 0.3) is 0 Å². The lowest BCUT2D eigenvalue weighted by Crippen LogP contribution is -2.48. The van der Waals surface area contributed by atoms with E-state index in [0.717, 1.165) is 63.1 Å². The van der Waals surface area contributed by atoms with E-state index in [1.807, 2.05) is 16.5 Å². The van der Waals surface area contributed by atoms with E-state index in [4.69, 9.17) is 0 Å². The predicted octanol–water partition coefficient (Wildman–Crippen LogP) is 0.724. The minimum absolute atomic E-state index is 0.234. The van der Waals surface area contributed by atoms with Crippen molar-refractivity contribution in [3.05, 3.63) is 29.0 Å². The number of fused-ring (bicyclic) bond motifs is 1. The lowest BCUT2D eigenvalue weighted by atomic mass is 10.2. The summed E-state index contributed by atoms with van der Waals surface area (Å²) in [5.74, 6) is 0.234. The minimum atomic E-state index is 0.234. The van der Waals surface area contributed by atoms with E-state index in [9.17, 15) is 4.79 Å². The number of carbonyl (C=O) groups excluding carboxylic acids is 1. The van der Waals surface area contributed by atoms with Gasteiger partial charge in [-0.3, -0.25) is 9.48 Å². The van der Waals surface area contributed by atoms with Gasteiger partial charge in [0.05, 0.1) is 17.9 Å². The molecular weight excluding hydrogens is 324 g/mol. The maximum Gasteiger partial charge on any atom is 0.223 e. The number of piperazine rings is 1. The molecule has 0 spiro atoms. The van der Waals surface area contributed by atoms with Crippen molar-refractivity contribution in [2.75, 3.05) is 37.6 Å². The standard InChI is InChI=1S/C16H22N6OS/c23-15(2-1-13-11-14-12-17-3-5-22(14)19-13)20-6-8-21(9-7-20)16-18-4-10-24-16/h4,10-11,17H,1-3,5-9,12H2. The molecule has 2 aliphatic heterocycles. The molecule has 7 nitrogen and oxygen atoms in total. The number of thiazole rings is 1. The topological polar surface area (TPSA) is 66.3 Å². The van der Waals surface area contributed by atoms with E-state index in [-0.39, 0.29) is 5.91 Å². The molecule has 128 valence electrons. The molecule has 0 unspecified atom stereocenters. The van der Waals surface area contributed by atoms with E-state index in [0.29, 0.717) is 6.42 Å². The van der Waals surface area contributed by atoms with Gasteiger partial charge in [-0.05, 0) is 6.07 Å². The van der Waals surface area contributed by atoms with Crippen molar-refractivity contribution in [2.45, 2.75) is 25.9 Å². The van der Waals surface area contributed by atoms with E-state index in [2.05, 4.69) is 31.0 Å². The summed E-state index contributed by atoms with van der Waals surface area (Å²) in [7, 11) is 0. The van der Waals surface area contributed by atoms with Crippen LogP contribution in [0, 0.1) is 0 Å². The van der Waals surface area contributed by atoms with Crippen LogP contribution >= 0.6 is 11.3 Å². The monoisotopic (exact) mass is 346 g/mol. The van der Waals surface area contributed by atoms with Crippen LogP contribution in [0.2, 0.25) is 0 Å². The summed E-state index contributed by atoms with van der Waals surface area (Å²) in [5.41, 5.74) is 2.25. The molecule has 0 aromatic carbocycles. The molecule has 0 atom stereocenters. The Bertz CT molecular complexity index is 666. The Kier molecular flexibility index (Phi) is 4.48. The predicted molar refractivity (Wildman–Crippen MR) is 93.2 cm³/mol. The van der Waals surface area contributed by atoms with E-state index in [1.54, 1.807) is 11.3 Å². The normalized spacial score (nSPS) is 17.8. The summed E-state index contributed by atoms with van der Waals surface area (Å²) in [6, 6.07) is 2.12. The van der Waals surface area contributed by atoms with Gasteiger partial charge in [-0.25, -0.2) is 4.98 Å². The third kappa shape index (κ3) is 3.29. The Morgan fingerprint density at radius 1 is 1.25 bits per heavy atom. The number of aromatic nitrogens is 3. The largest absolute Gasteiger partial charge is 0.345 e. The third-order valence-corrected chi connectivity index (χ3v) is 5.47. The first-order valence-corrected chi connectivity index (χ1v) is 9.36. The Hall–Kier alpha value is -1.93. The first-order valence-electron chi connectivity index (χ1n) is 8.48. The van der Waals surface area contributed by atoms with Crippen LogP contribution in [-0.2, 0) is 24.3 Å². The zero-order valence-electron chi connectivity index (χ0n) is 13.6. The summed E-state index contributed by atoms with van der Waals surface area (Å²) in [6.07, 6.45) is 3.10. The van der Waals surface area contributed by atoms with Crippen molar-refractivity contribution >= 4 is 22.4 Å². The highest BCUT2D eigenvalue weighted by Crippen LogP contribution is 2.19. The molecule has 0 bridgehead atoms. The average Bonchev–Trinajstić information content (AvgIpc) is 3.29. The number of hydrogen-bond donors (Lipinski definition) is 1. The molecule has 1 fully saturated rings. The second-order valence-electron chi connectivity index (χ2n) is 6.21. The van der Waals surface area contributed by atoms with Gasteiger partial charge >= 0.3 is 0 Å². The van der Waals surface area contributed by atoms with Gasteiger partial charge < -0.3 is 15.1 Å². The molecule has 0 aliphatic carbocycles. The fourth-order valence-electron chi connectivity index (χ4n) is 3.29. The maximum atomic E-state index is 12.5. The molecule has 2 aliphatic rings. The average molecular weight is 346 g/mol. The van der Waals surface area contributed by atoms with Gasteiger partial charge in [0, 0.05) is 63.7 Å². The van der Waals surface area contributed by atoms with Crippen LogP contribution in [0.4, 0.5) is 5.13 Å². The van der Waals surface area contributed by atoms with Crippen molar-refractivity contribution in [2.24, 2.45) is 0 Å².